The minimum Gasteiger partial charge on any atom is -0.457 e. The molecular weight excluding hydrogens is 250 g/mol. The zero-order valence-electron chi connectivity index (χ0n) is 11.4. The van der Waals surface area contributed by atoms with Gasteiger partial charge >= 0.3 is 5.97 Å². The predicted molar refractivity (Wildman–Crippen MR) is 79.6 cm³/mol. The standard InChI is InChI=1S/C17H17NO2/c1-14(16-10-6-3-7-11-16)18-12-17(19)20-13-15-8-4-2-5-9-15/h2-12,14H,13H2,1H3. The molecule has 0 aromatic heterocycles. The molecule has 3 heteroatoms. The van der Waals surface area contributed by atoms with Crippen molar-refractivity contribution in [3.05, 3.63) is 71.8 Å². The summed E-state index contributed by atoms with van der Waals surface area (Å²) in [6, 6.07) is 19.3. The van der Waals surface area contributed by atoms with Gasteiger partial charge < -0.3 is 4.74 Å². The van der Waals surface area contributed by atoms with E-state index >= 15 is 0 Å². The second-order valence-corrected chi connectivity index (χ2v) is 4.46. The van der Waals surface area contributed by atoms with E-state index in [0.29, 0.717) is 0 Å². The van der Waals surface area contributed by atoms with Gasteiger partial charge in [0, 0.05) is 0 Å². The number of ether oxygens (including phenoxy) is 1. The van der Waals surface area contributed by atoms with Crippen LogP contribution in [0, 0.1) is 0 Å². The third-order valence-electron chi connectivity index (χ3n) is 2.91. The molecule has 2 aromatic carbocycles. The first-order valence-electron chi connectivity index (χ1n) is 6.54. The van der Waals surface area contributed by atoms with Gasteiger partial charge in [-0.15, -0.1) is 0 Å². The summed E-state index contributed by atoms with van der Waals surface area (Å²) in [6.07, 6.45) is 1.25. The van der Waals surface area contributed by atoms with Crippen LogP contribution in [0.1, 0.15) is 24.1 Å². The van der Waals surface area contributed by atoms with Crippen molar-refractivity contribution < 1.29 is 9.53 Å². The molecule has 0 bridgehead atoms. The topological polar surface area (TPSA) is 38.7 Å². The number of esters is 1. The van der Waals surface area contributed by atoms with E-state index in [0.717, 1.165) is 11.1 Å². The van der Waals surface area contributed by atoms with E-state index in [2.05, 4.69) is 4.99 Å². The Bertz CT molecular complexity index is 564. The van der Waals surface area contributed by atoms with Crippen molar-refractivity contribution >= 4 is 12.2 Å². The average molecular weight is 267 g/mol. The molecule has 1 unspecified atom stereocenters. The highest BCUT2D eigenvalue weighted by Crippen LogP contribution is 2.14. The maximum Gasteiger partial charge on any atom is 0.349 e. The Hall–Kier alpha value is -2.42. The van der Waals surface area contributed by atoms with E-state index < -0.39 is 5.97 Å². The number of hydrogen-bond donors (Lipinski definition) is 0. The lowest BCUT2D eigenvalue weighted by Crippen LogP contribution is -2.06. The smallest absolute Gasteiger partial charge is 0.349 e. The van der Waals surface area contributed by atoms with Crippen molar-refractivity contribution in [1.82, 2.24) is 0 Å². The third-order valence-corrected chi connectivity index (χ3v) is 2.91. The molecular formula is C17H17NO2. The second kappa shape index (κ2) is 7.24. The highest BCUT2D eigenvalue weighted by molar-refractivity contribution is 6.23. The Kier molecular flexibility index (Phi) is 5.07. The Morgan fingerprint density at radius 2 is 1.70 bits per heavy atom. The van der Waals surface area contributed by atoms with Gasteiger partial charge in [-0.25, -0.2) is 4.79 Å². The van der Waals surface area contributed by atoms with E-state index in [1.165, 1.54) is 6.21 Å². The van der Waals surface area contributed by atoms with Crippen molar-refractivity contribution in [1.29, 1.82) is 0 Å². The molecule has 0 heterocycles. The highest BCUT2D eigenvalue weighted by atomic mass is 16.5. The number of nitrogens with zero attached hydrogens (tertiary/aromatic N) is 1. The van der Waals surface area contributed by atoms with Gasteiger partial charge in [0.05, 0.1) is 6.04 Å². The molecule has 0 spiro atoms. The van der Waals surface area contributed by atoms with Crippen molar-refractivity contribution in [2.24, 2.45) is 4.99 Å². The molecule has 0 saturated heterocycles. The van der Waals surface area contributed by atoms with E-state index in [1.807, 2.05) is 67.6 Å². The number of carbonyl (C=O) groups is 1. The van der Waals surface area contributed by atoms with Crippen LogP contribution in [0.25, 0.3) is 0 Å². The van der Waals surface area contributed by atoms with Crippen molar-refractivity contribution in [2.75, 3.05) is 0 Å². The molecule has 0 aliphatic heterocycles. The fourth-order valence-electron chi connectivity index (χ4n) is 1.76. The van der Waals surface area contributed by atoms with Gasteiger partial charge in [-0.05, 0) is 18.1 Å². The van der Waals surface area contributed by atoms with E-state index in [9.17, 15) is 4.79 Å². The molecule has 0 aliphatic carbocycles. The normalized spacial score (nSPS) is 12.2. The van der Waals surface area contributed by atoms with Gasteiger partial charge in [0.15, 0.2) is 0 Å². The monoisotopic (exact) mass is 267 g/mol. The summed E-state index contributed by atoms with van der Waals surface area (Å²) in [5.41, 5.74) is 2.03. The quantitative estimate of drug-likeness (QED) is 0.613. The Morgan fingerprint density at radius 3 is 2.35 bits per heavy atom. The number of rotatable bonds is 5. The molecule has 0 aliphatic rings. The molecule has 0 amide bonds. The van der Waals surface area contributed by atoms with E-state index in [-0.39, 0.29) is 12.6 Å². The third kappa shape index (κ3) is 4.35. The lowest BCUT2D eigenvalue weighted by Gasteiger charge is -2.06. The molecule has 0 radical (unpaired) electrons. The van der Waals surface area contributed by atoms with Gasteiger partial charge in [-0.3, -0.25) is 4.99 Å². The summed E-state index contributed by atoms with van der Waals surface area (Å²) in [4.78, 5) is 15.8. The average Bonchev–Trinajstić information content (AvgIpc) is 2.52. The van der Waals surface area contributed by atoms with Crippen LogP contribution in [0.5, 0.6) is 0 Å². The maximum absolute atomic E-state index is 11.6. The zero-order valence-corrected chi connectivity index (χ0v) is 11.4. The van der Waals surface area contributed by atoms with Crippen LogP contribution in [0.2, 0.25) is 0 Å². The summed E-state index contributed by atoms with van der Waals surface area (Å²) < 4.78 is 5.13. The van der Waals surface area contributed by atoms with Crippen LogP contribution in [0.15, 0.2) is 65.7 Å². The fourth-order valence-corrected chi connectivity index (χ4v) is 1.76. The van der Waals surface area contributed by atoms with Gasteiger partial charge in [0.25, 0.3) is 0 Å². The molecule has 1 atom stereocenters. The number of benzene rings is 2. The lowest BCUT2D eigenvalue weighted by atomic mass is 10.1. The Morgan fingerprint density at radius 1 is 1.10 bits per heavy atom. The van der Waals surface area contributed by atoms with Crippen LogP contribution < -0.4 is 0 Å². The number of carbonyl (C=O) groups excluding carboxylic acids is 1. The van der Waals surface area contributed by atoms with E-state index in [4.69, 9.17) is 4.74 Å². The molecule has 2 rings (SSSR count). The van der Waals surface area contributed by atoms with Crippen molar-refractivity contribution in [3.63, 3.8) is 0 Å². The van der Waals surface area contributed by atoms with Crippen molar-refractivity contribution in [3.8, 4) is 0 Å². The van der Waals surface area contributed by atoms with Gasteiger partial charge in [-0.2, -0.15) is 0 Å². The first kappa shape index (κ1) is 14.0. The predicted octanol–water partition coefficient (Wildman–Crippen LogP) is 3.56. The Balaban J connectivity index is 1.84. The van der Waals surface area contributed by atoms with Crippen LogP contribution in [0.3, 0.4) is 0 Å². The minimum absolute atomic E-state index is 0.0551. The molecule has 3 nitrogen and oxygen atoms in total. The van der Waals surface area contributed by atoms with Crippen molar-refractivity contribution in [2.45, 2.75) is 19.6 Å². The highest BCUT2D eigenvalue weighted by Gasteiger charge is 2.03. The summed E-state index contributed by atoms with van der Waals surface area (Å²) in [7, 11) is 0. The number of aliphatic imine (C=N–C) groups is 1. The summed E-state index contributed by atoms with van der Waals surface area (Å²) >= 11 is 0. The molecule has 0 N–H and O–H groups in total. The van der Waals surface area contributed by atoms with Crippen LogP contribution in [0.4, 0.5) is 0 Å². The van der Waals surface area contributed by atoms with Crippen LogP contribution in [-0.4, -0.2) is 12.2 Å². The summed E-state index contributed by atoms with van der Waals surface area (Å²) in [5, 5.41) is 0. The summed E-state index contributed by atoms with van der Waals surface area (Å²) in [6.45, 7) is 2.21. The zero-order chi connectivity index (χ0) is 14.2. The molecule has 102 valence electrons. The van der Waals surface area contributed by atoms with Gasteiger partial charge in [0.2, 0.25) is 0 Å². The van der Waals surface area contributed by atoms with Gasteiger partial charge in [-0.1, -0.05) is 60.7 Å². The maximum atomic E-state index is 11.6. The van der Waals surface area contributed by atoms with Crippen LogP contribution >= 0.6 is 0 Å². The molecule has 2 aromatic rings. The molecule has 20 heavy (non-hydrogen) atoms. The fraction of sp³-hybridized carbons (Fsp3) is 0.176. The molecule has 0 saturated carbocycles. The largest absolute Gasteiger partial charge is 0.457 e. The first-order valence-corrected chi connectivity index (χ1v) is 6.54. The summed E-state index contributed by atoms with van der Waals surface area (Å²) in [5.74, 6) is -0.420. The number of hydrogen-bond acceptors (Lipinski definition) is 3. The lowest BCUT2D eigenvalue weighted by molar-refractivity contribution is -0.136. The Labute approximate surface area is 118 Å². The van der Waals surface area contributed by atoms with Gasteiger partial charge in [0.1, 0.15) is 12.8 Å². The minimum atomic E-state index is -0.420. The first-order chi connectivity index (χ1) is 9.75. The van der Waals surface area contributed by atoms with Crippen LogP contribution in [-0.2, 0) is 16.1 Å². The second-order valence-electron chi connectivity index (χ2n) is 4.46. The molecule has 0 fully saturated rings. The SMILES string of the molecule is CC(N=CC(=O)OCc1ccccc1)c1ccccc1. The van der Waals surface area contributed by atoms with E-state index in [1.54, 1.807) is 0 Å².